The summed E-state index contributed by atoms with van der Waals surface area (Å²) >= 11 is 0. The molecule has 1 saturated heterocycles. The van der Waals surface area contributed by atoms with Gasteiger partial charge in [-0.05, 0) is 32.0 Å². The average molecular weight is 334 g/mol. The fourth-order valence-electron chi connectivity index (χ4n) is 3.13. The fraction of sp³-hybridized carbons (Fsp3) is 0.667. The highest BCUT2D eigenvalue weighted by Gasteiger charge is 2.24. The smallest absolute Gasteiger partial charge is 0.339 e. The zero-order chi connectivity index (χ0) is 17.7. The second-order valence-corrected chi connectivity index (χ2v) is 6.85. The van der Waals surface area contributed by atoms with E-state index in [9.17, 15) is 4.79 Å². The molecule has 1 aliphatic heterocycles. The molecule has 1 aliphatic rings. The van der Waals surface area contributed by atoms with E-state index >= 15 is 0 Å². The number of rotatable bonds is 6. The van der Waals surface area contributed by atoms with E-state index in [2.05, 4.69) is 41.0 Å². The molecule has 1 atom stereocenters. The standard InChI is InChI=1S/C18H30N4O2/c1-13(2)16(22-10-8-21(4)9-11-22)12-19-17-7-6-15(14(3)20-17)18(23)24-5/h6-7,13,16H,8-12H2,1-5H3,(H,19,20). The van der Waals surface area contributed by atoms with Crippen molar-refractivity contribution in [2.75, 3.05) is 52.2 Å². The Labute approximate surface area is 145 Å². The summed E-state index contributed by atoms with van der Waals surface area (Å²) in [6, 6.07) is 4.10. The number of carbonyl (C=O) groups excluding carboxylic acids is 1. The second kappa shape index (κ2) is 8.44. The zero-order valence-electron chi connectivity index (χ0n) is 15.5. The Morgan fingerprint density at radius 2 is 1.96 bits per heavy atom. The number of piperazine rings is 1. The fourth-order valence-corrected chi connectivity index (χ4v) is 3.13. The van der Waals surface area contributed by atoms with E-state index in [1.165, 1.54) is 7.11 Å². The summed E-state index contributed by atoms with van der Waals surface area (Å²) in [5, 5.41) is 3.44. The first kappa shape index (κ1) is 18.7. The minimum Gasteiger partial charge on any atom is -0.465 e. The van der Waals surface area contributed by atoms with Crippen molar-refractivity contribution in [2.24, 2.45) is 5.92 Å². The molecule has 0 amide bonds. The Morgan fingerprint density at radius 1 is 1.29 bits per heavy atom. The van der Waals surface area contributed by atoms with E-state index < -0.39 is 0 Å². The summed E-state index contributed by atoms with van der Waals surface area (Å²) in [5.74, 6) is 1.03. The molecular weight excluding hydrogens is 304 g/mol. The van der Waals surface area contributed by atoms with Crippen LogP contribution in [0.5, 0.6) is 0 Å². The van der Waals surface area contributed by atoms with E-state index in [0.717, 1.165) is 38.5 Å². The Hall–Kier alpha value is -1.66. The molecule has 1 aromatic heterocycles. The minimum atomic E-state index is -0.343. The summed E-state index contributed by atoms with van der Waals surface area (Å²) in [6.45, 7) is 11.7. The number of ether oxygens (including phenoxy) is 1. The van der Waals surface area contributed by atoms with Crippen LogP contribution in [-0.2, 0) is 4.74 Å². The van der Waals surface area contributed by atoms with Crippen molar-refractivity contribution < 1.29 is 9.53 Å². The molecule has 2 rings (SSSR count). The number of methoxy groups -OCH3 is 1. The monoisotopic (exact) mass is 334 g/mol. The van der Waals surface area contributed by atoms with Gasteiger partial charge in [0.1, 0.15) is 5.82 Å². The van der Waals surface area contributed by atoms with Crippen molar-refractivity contribution in [1.82, 2.24) is 14.8 Å². The molecular formula is C18H30N4O2. The molecule has 0 saturated carbocycles. The first-order chi connectivity index (χ1) is 11.4. The lowest BCUT2D eigenvalue weighted by atomic mass is 10.0. The molecule has 1 fully saturated rings. The van der Waals surface area contributed by atoms with Crippen molar-refractivity contribution in [1.29, 1.82) is 0 Å². The largest absolute Gasteiger partial charge is 0.465 e. The van der Waals surface area contributed by atoms with Gasteiger partial charge in [-0.25, -0.2) is 9.78 Å². The molecule has 2 heterocycles. The normalized spacial score (nSPS) is 17.8. The van der Waals surface area contributed by atoms with E-state index in [4.69, 9.17) is 4.74 Å². The predicted octanol–water partition coefficient (Wildman–Crippen LogP) is 1.86. The van der Waals surface area contributed by atoms with Crippen LogP contribution < -0.4 is 5.32 Å². The van der Waals surface area contributed by atoms with Gasteiger partial charge in [-0.15, -0.1) is 0 Å². The van der Waals surface area contributed by atoms with Gasteiger partial charge < -0.3 is 15.0 Å². The Kier molecular flexibility index (Phi) is 6.57. The highest BCUT2D eigenvalue weighted by Crippen LogP contribution is 2.16. The van der Waals surface area contributed by atoms with E-state index in [1.54, 1.807) is 6.07 Å². The van der Waals surface area contributed by atoms with Crippen LogP contribution in [-0.4, -0.2) is 73.7 Å². The van der Waals surface area contributed by atoms with E-state index in [0.29, 0.717) is 23.2 Å². The molecule has 0 radical (unpaired) electrons. The van der Waals surface area contributed by atoms with Crippen molar-refractivity contribution in [3.63, 3.8) is 0 Å². The van der Waals surface area contributed by atoms with Gasteiger partial charge in [0.05, 0.1) is 18.4 Å². The van der Waals surface area contributed by atoms with Crippen LogP contribution in [0.1, 0.15) is 29.9 Å². The third-order valence-electron chi connectivity index (χ3n) is 4.76. The number of nitrogens with zero attached hydrogens (tertiary/aromatic N) is 3. The van der Waals surface area contributed by atoms with E-state index in [1.807, 2.05) is 13.0 Å². The maximum Gasteiger partial charge on any atom is 0.339 e. The number of esters is 1. The Morgan fingerprint density at radius 3 is 2.50 bits per heavy atom. The van der Waals surface area contributed by atoms with Gasteiger partial charge in [0.15, 0.2) is 0 Å². The Bertz CT molecular complexity index is 554. The van der Waals surface area contributed by atoms with Gasteiger partial charge in [-0.1, -0.05) is 13.8 Å². The summed E-state index contributed by atoms with van der Waals surface area (Å²) in [4.78, 5) is 21.1. The van der Waals surface area contributed by atoms with Crippen LogP contribution >= 0.6 is 0 Å². The van der Waals surface area contributed by atoms with Crippen molar-refractivity contribution in [3.8, 4) is 0 Å². The lowest BCUT2D eigenvalue weighted by Crippen LogP contribution is -2.52. The first-order valence-corrected chi connectivity index (χ1v) is 8.64. The third kappa shape index (κ3) is 4.68. The van der Waals surface area contributed by atoms with Gasteiger partial charge in [-0.2, -0.15) is 0 Å². The van der Waals surface area contributed by atoms with Crippen LogP contribution in [0.15, 0.2) is 12.1 Å². The highest BCUT2D eigenvalue weighted by atomic mass is 16.5. The minimum absolute atomic E-state index is 0.343. The summed E-state index contributed by atoms with van der Waals surface area (Å²) in [7, 11) is 3.56. The molecule has 134 valence electrons. The number of carbonyl (C=O) groups is 1. The van der Waals surface area contributed by atoms with Crippen molar-refractivity contribution in [2.45, 2.75) is 26.8 Å². The number of nitrogens with one attached hydrogen (secondary N) is 1. The van der Waals surface area contributed by atoms with Gasteiger partial charge in [-0.3, -0.25) is 4.90 Å². The highest BCUT2D eigenvalue weighted by molar-refractivity contribution is 5.90. The predicted molar refractivity (Wildman–Crippen MR) is 96.5 cm³/mol. The topological polar surface area (TPSA) is 57.7 Å². The lowest BCUT2D eigenvalue weighted by Gasteiger charge is -2.40. The molecule has 1 aromatic rings. The zero-order valence-corrected chi connectivity index (χ0v) is 15.5. The third-order valence-corrected chi connectivity index (χ3v) is 4.76. The summed E-state index contributed by atoms with van der Waals surface area (Å²) < 4.78 is 4.76. The average Bonchev–Trinajstić information content (AvgIpc) is 2.56. The summed E-state index contributed by atoms with van der Waals surface area (Å²) in [5.41, 5.74) is 1.20. The number of hydrogen-bond donors (Lipinski definition) is 1. The van der Waals surface area contributed by atoms with Crippen LogP contribution in [0, 0.1) is 12.8 Å². The number of aromatic nitrogens is 1. The quantitative estimate of drug-likeness (QED) is 0.802. The number of pyridine rings is 1. The maximum atomic E-state index is 11.6. The molecule has 6 nitrogen and oxygen atoms in total. The van der Waals surface area contributed by atoms with E-state index in [-0.39, 0.29) is 5.97 Å². The van der Waals surface area contributed by atoms with Crippen LogP contribution in [0.3, 0.4) is 0 Å². The lowest BCUT2D eigenvalue weighted by molar-refractivity contribution is 0.0599. The molecule has 6 heteroatoms. The molecule has 1 N–H and O–H groups in total. The second-order valence-electron chi connectivity index (χ2n) is 6.85. The van der Waals surface area contributed by atoms with Crippen LogP contribution in [0.4, 0.5) is 5.82 Å². The number of anilines is 1. The maximum absolute atomic E-state index is 11.6. The van der Waals surface area contributed by atoms with Gasteiger partial charge in [0.2, 0.25) is 0 Å². The number of likely N-dealkylation sites (N-methyl/N-ethyl adjacent to an activating group) is 1. The van der Waals surface area contributed by atoms with Crippen LogP contribution in [0.25, 0.3) is 0 Å². The number of hydrogen-bond acceptors (Lipinski definition) is 6. The molecule has 0 bridgehead atoms. The van der Waals surface area contributed by atoms with Gasteiger partial charge in [0, 0.05) is 38.8 Å². The molecule has 24 heavy (non-hydrogen) atoms. The first-order valence-electron chi connectivity index (χ1n) is 8.64. The SMILES string of the molecule is COC(=O)c1ccc(NCC(C(C)C)N2CCN(C)CC2)nc1C. The van der Waals surface area contributed by atoms with Crippen molar-refractivity contribution >= 4 is 11.8 Å². The molecule has 1 unspecified atom stereocenters. The molecule has 0 aliphatic carbocycles. The van der Waals surface area contributed by atoms with Gasteiger partial charge >= 0.3 is 5.97 Å². The molecule has 0 aromatic carbocycles. The Balaban J connectivity index is 1.99. The molecule has 0 spiro atoms. The number of aryl methyl sites for hydroxylation is 1. The van der Waals surface area contributed by atoms with Crippen LogP contribution in [0.2, 0.25) is 0 Å². The van der Waals surface area contributed by atoms with Gasteiger partial charge in [0.25, 0.3) is 0 Å². The van der Waals surface area contributed by atoms with Crippen molar-refractivity contribution in [3.05, 3.63) is 23.4 Å². The summed E-state index contributed by atoms with van der Waals surface area (Å²) in [6.07, 6.45) is 0.